The lowest BCUT2D eigenvalue weighted by Crippen LogP contribution is -2.51. The monoisotopic (exact) mass is 452 g/mol. The maximum absolute atomic E-state index is 13.7. The van der Waals surface area contributed by atoms with Crippen LogP contribution in [-0.4, -0.2) is 46.4 Å². The number of halogens is 2. The fraction of sp³-hybridized carbons (Fsp3) is 0.409. The van der Waals surface area contributed by atoms with Crippen molar-refractivity contribution in [2.45, 2.75) is 31.2 Å². The van der Waals surface area contributed by atoms with Crippen molar-refractivity contribution >= 4 is 21.6 Å². The second kappa shape index (κ2) is 9.32. The minimum absolute atomic E-state index is 0.118. The molecule has 1 aliphatic rings. The average Bonchev–Trinajstić information content (AvgIpc) is 2.75. The Balaban J connectivity index is 1.82. The molecule has 0 saturated carbocycles. The van der Waals surface area contributed by atoms with Gasteiger partial charge in [0.25, 0.3) is 0 Å². The number of rotatable bonds is 7. The van der Waals surface area contributed by atoms with E-state index in [1.807, 2.05) is 30.3 Å². The van der Waals surface area contributed by atoms with E-state index in [2.05, 4.69) is 5.32 Å². The number of nitrogens with zero attached hydrogens (tertiary/aromatic N) is 1. The van der Waals surface area contributed by atoms with Crippen molar-refractivity contribution in [1.82, 2.24) is 5.32 Å². The number of sulfonamides is 1. The molecule has 168 valence electrons. The summed E-state index contributed by atoms with van der Waals surface area (Å²) in [6.07, 6.45) is 2.34. The van der Waals surface area contributed by atoms with Gasteiger partial charge in [0.15, 0.2) is 11.6 Å². The molecular formula is C22H26F2N2O4S. The molecule has 1 saturated heterocycles. The van der Waals surface area contributed by atoms with Crippen molar-refractivity contribution in [3.05, 3.63) is 65.7 Å². The second-order valence-electron chi connectivity index (χ2n) is 7.81. The fourth-order valence-electron chi connectivity index (χ4n) is 3.96. The molecule has 2 aromatic carbocycles. The first-order chi connectivity index (χ1) is 14.6. The van der Waals surface area contributed by atoms with Crippen molar-refractivity contribution in [2.24, 2.45) is 0 Å². The van der Waals surface area contributed by atoms with Crippen LogP contribution in [0.1, 0.15) is 25.3 Å². The van der Waals surface area contributed by atoms with Gasteiger partial charge in [0.2, 0.25) is 15.9 Å². The molecule has 1 fully saturated rings. The molecule has 0 unspecified atom stereocenters. The van der Waals surface area contributed by atoms with Crippen LogP contribution in [0.3, 0.4) is 0 Å². The van der Waals surface area contributed by atoms with Crippen molar-refractivity contribution in [3.63, 3.8) is 0 Å². The highest BCUT2D eigenvalue weighted by Gasteiger charge is 2.36. The zero-order valence-electron chi connectivity index (χ0n) is 17.5. The van der Waals surface area contributed by atoms with Gasteiger partial charge < -0.3 is 10.1 Å². The van der Waals surface area contributed by atoms with Gasteiger partial charge in [-0.05, 0) is 37.5 Å². The van der Waals surface area contributed by atoms with Crippen LogP contribution in [0.25, 0.3) is 0 Å². The Morgan fingerprint density at radius 2 is 1.77 bits per heavy atom. The van der Waals surface area contributed by atoms with Crippen LogP contribution >= 0.6 is 0 Å². The largest absolute Gasteiger partial charge is 0.381 e. The molecule has 1 heterocycles. The van der Waals surface area contributed by atoms with Crippen LogP contribution in [0.5, 0.6) is 0 Å². The molecule has 3 rings (SSSR count). The SMILES string of the molecule is C[C@H](C(=O)NCC1(c2ccccc2)CCOCC1)N(c1ccc(F)c(F)c1)S(C)(=O)=O. The summed E-state index contributed by atoms with van der Waals surface area (Å²) in [5, 5.41) is 2.87. The van der Waals surface area contributed by atoms with Crippen LogP contribution in [0.15, 0.2) is 48.5 Å². The zero-order valence-corrected chi connectivity index (χ0v) is 18.3. The fourth-order valence-corrected chi connectivity index (χ4v) is 5.12. The van der Waals surface area contributed by atoms with Gasteiger partial charge in [-0.1, -0.05) is 30.3 Å². The number of carbonyl (C=O) groups is 1. The summed E-state index contributed by atoms with van der Waals surface area (Å²) in [5.41, 5.74) is 0.631. The molecule has 9 heteroatoms. The van der Waals surface area contributed by atoms with Crippen molar-refractivity contribution in [1.29, 1.82) is 0 Å². The summed E-state index contributed by atoms with van der Waals surface area (Å²) < 4.78 is 58.1. The highest BCUT2D eigenvalue weighted by atomic mass is 32.2. The Morgan fingerprint density at radius 3 is 2.35 bits per heavy atom. The molecule has 0 spiro atoms. The highest BCUT2D eigenvalue weighted by molar-refractivity contribution is 7.92. The Bertz CT molecular complexity index is 1030. The molecular weight excluding hydrogens is 426 g/mol. The molecule has 31 heavy (non-hydrogen) atoms. The van der Waals surface area contributed by atoms with Gasteiger partial charge in [0.1, 0.15) is 6.04 Å². The molecule has 1 N–H and O–H groups in total. The van der Waals surface area contributed by atoms with Crippen LogP contribution in [-0.2, 0) is 25.0 Å². The third-order valence-electron chi connectivity index (χ3n) is 5.68. The Morgan fingerprint density at radius 1 is 1.13 bits per heavy atom. The third kappa shape index (κ3) is 5.22. The first-order valence-corrected chi connectivity index (χ1v) is 11.8. The number of nitrogens with one attached hydrogen (secondary N) is 1. The van der Waals surface area contributed by atoms with Crippen LogP contribution in [0.2, 0.25) is 0 Å². The zero-order chi connectivity index (χ0) is 22.6. The van der Waals surface area contributed by atoms with Gasteiger partial charge in [-0.25, -0.2) is 17.2 Å². The van der Waals surface area contributed by atoms with Gasteiger partial charge in [-0.2, -0.15) is 0 Å². The van der Waals surface area contributed by atoms with Gasteiger partial charge in [-0.3, -0.25) is 9.10 Å². The molecule has 0 aliphatic carbocycles. The van der Waals surface area contributed by atoms with E-state index in [4.69, 9.17) is 4.74 Å². The minimum atomic E-state index is -3.94. The van der Waals surface area contributed by atoms with Crippen LogP contribution in [0.4, 0.5) is 14.5 Å². The quantitative estimate of drug-likeness (QED) is 0.701. The summed E-state index contributed by atoms with van der Waals surface area (Å²) >= 11 is 0. The molecule has 0 radical (unpaired) electrons. The standard InChI is InChI=1S/C22H26F2N2O4S/c1-16(26(31(2,28)29)18-8-9-19(23)20(24)14-18)21(27)25-15-22(10-12-30-13-11-22)17-6-4-3-5-7-17/h3-9,14,16H,10-13,15H2,1-2H3,(H,25,27)/t16-/m1/s1. The first-order valence-electron chi connectivity index (χ1n) is 9.99. The molecule has 2 aromatic rings. The van der Waals surface area contributed by atoms with Crippen LogP contribution < -0.4 is 9.62 Å². The van der Waals surface area contributed by atoms with E-state index < -0.39 is 33.6 Å². The lowest BCUT2D eigenvalue weighted by molar-refractivity contribution is -0.122. The first kappa shape index (κ1) is 23.1. The summed E-state index contributed by atoms with van der Waals surface area (Å²) in [5.74, 6) is -2.82. The Hall–Kier alpha value is -2.52. The molecule has 1 amide bonds. The van der Waals surface area contributed by atoms with Gasteiger partial charge >= 0.3 is 0 Å². The smallest absolute Gasteiger partial charge is 0.243 e. The highest BCUT2D eigenvalue weighted by Crippen LogP contribution is 2.34. The maximum Gasteiger partial charge on any atom is 0.243 e. The van der Waals surface area contributed by atoms with E-state index in [9.17, 15) is 22.0 Å². The number of benzene rings is 2. The molecule has 1 aliphatic heterocycles. The summed E-state index contributed by atoms with van der Waals surface area (Å²) in [6, 6.07) is 11.4. The lowest BCUT2D eigenvalue weighted by atomic mass is 9.74. The van der Waals surface area contributed by atoms with E-state index >= 15 is 0 Å². The van der Waals surface area contributed by atoms with Crippen molar-refractivity contribution in [3.8, 4) is 0 Å². The average molecular weight is 453 g/mol. The summed E-state index contributed by atoms with van der Waals surface area (Å²) in [4.78, 5) is 13.0. The van der Waals surface area contributed by atoms with Gasteiger partial charge in [-0.15, -0.1) is 0 Å². The molecule has 6 nitrogen and oxygen atoms in total. The molecule has 0 aromatic heterocycles. The van der Waals surface area contributed by atoms with Crippen molar-refractivity contribution < 1.29 is 26.7 Å². The third-order valence-corrected chi connectivity index (χ3v) is 6.92. The topological polar surface area (TPSA) is 75.7 Å². The minimum Gasteiger partial charge on any atom is -0.381 e. The number of carbonyl (C=O) groups excluding carboxylic acids is 1. The number of hydrogen-bond acceptors (Lipinski definition) is 4. The normalized spacial score (nSPS) is 17.0. The van der Waals surface area contributed by atoms with Gasteiger partial charge in [0.05, 0.1) is 11.9 Å². The van der Waals surface area contributed by atoms with Crippen molar-refractivity contribution in [2.75, 3.05) is 30.3 Å². The molecule has 0 bridgehead atoms. The van der Waals surface area contributed by atoms with E-state index in [1.165, 1.54) is 6.92 Å². The van der Waals surface area contributed by atoms with E-state index in [1.54, 1.807) is 0 Å². The molecule has 1 atom stereocenters. The summed E-state index contributed by atoms with van der Waals surface area (Å²) in [7, 11) is -3.94. The van der Waals surface area contributed by atoms with Crippen LogP contribution in [0, 0.1) is 11.6 Å². The van der Waals surface area contributed by atoms with E-state index in [0.29, 0.717) is 32.6 Å². The number of ether oxygens (including phenoxy) is 1. The predicted octanol–water partition coefficient (Wildman–Crippen LogP) is 2.98. The number of hydrogen-bond donors (Lipinski definition) is 1. The maximum atomic E-state index is 13.7. The predicted molar refractivity (Wildman–Crippen MR) is 114 cm³/mol. The van der Waals surface area contributed by atoms with E-state index in [0.717, 1.165) is 34.3 Å². The lowest BCUT2D eigenvalue weighted by Gasteiger charge is -2.38. The summed E-state index contributed by atoms with van der Waals surface area (Å²) in [6.45, 7) is 2.84. The second-order valence-corrected chi connectivity index (χ2v) is 9.67. The number of anilines is 1. The Kier molecular flexibility index (Phi) is 6.96. The number of amides is 1. The van der Waals surface area contributed by atoms with Gasteiger partial charge in [0, 0.05) is 31.2 Å². The van der Waals surface area contributed by atoms with E-state index in [-0.39, 0.29) is 11.1 Å². The Labute approximate surface area is 181 Å².